The molecule has 0 aliphatic carbocycles. The van der Waals surface area contributed by atoms with E-state index in [4.69, 9.17) is 0 Å². The van der Waals surface area contributed by atoms with Gasteiger partial charge in [0.25, 0.3) is 0 Å². The lowest BCUT2D eigenvalue weighted by atomic mass is 9.97. The Labute approximate surface area is 147 Å². The molecule has 1 amide bonds. The van der Waals surface area contributed by atoms with Gasteiger partial charge in [-0.05, 0) is 25.0 Å². The van der Waals surface area contributed by atoms with Crippen LogP contribution in [-0.4, -0.2) is 36.7 Å². The number of aromatic nitrogens is 1. The van der Waals surface area contributed by atoms with Crippen molar-refractivity contribution in [3.8, 4) is 0 Å². The number of nitrogens with one attached hydrogen (secondary N) is 1. The Morgan fingerprint density at radius 2 is 2.00 bits per heavy atom. The second kappa shape index (κ2) is 7.14. The van der Waals surface area contributed by atoms with E-state index in [0.717, 1.165) is 16.4 Å². The van der Waals surface area contributed by atoms with Crippen molar-refractivity contribution < 1.29 is 22.0 Å². The van der Waals surface area contributed by atoms with Gasteiger partial charge in [-0.2, -0.15) is 4.31 Å². The molecule has 0 bridgehead atoms. The maximum atomic E-state index is 13.8. The quantitative estimate of drug-likeness (QED) is 0.874. The maximum Gasteiger partial charge on any atom is 0.245 e. The molecule has 134 valence electrons. The van der Waals surface area contributed by atoms with Gasteiger partial charge in [-0.25, -0.2) is 22.2 Å². The molecule has 2 heterocycles. The van der Waals surface area contributed by atoms with Crippen LogP contribution in [0.25, 0.3) is 0 Å². The number of hydrogen-bond acceptors (Lipinski definition) is 5. The highest BCUT2D eigenvalue weighted by atomic mass is 32.2. The molecule has 3 rings (SSSR count). The number of carbonyl (C=O) groups is 1. The van der Waals surface area contributed by atoms with Crippen molar-refractivity contribution in [2.75, 3.05) is 18.4 Å². The van der Waals surface area contributed by atoms with Gasteiger partial charge in [0.1, 0.15) is 16.5 Å². The zero-order chi connectivity index (χ0) is 18.0. The summed E-state index contributed by atoms with van der Waals surface area (Å²) in [7, 11) is -4.06. The zero-order valence-corrected chi connectivity index (χ0v) is 14.6. The van der Waals surface area contributed by atoms with Gasteiger partial charge in [0.15, 0.2) is 5.13 Å². The number of thiazole rings is 1. The molecule has 1 aliphatic rings. The summed E-state index contributed by atoms with van der Waals surface area (Å²) in [5, 5.41) is 4.92. The summed E-state index contributed by atoms with van der Waals surface area (Å²) in [4.78, 5) is 15.6. The van der Waals surface area contributed by atoms with Crippen molar-refractivity contribution in [1.29, 1.82) is 0 Å². The summed E-state index contributed by atoms with van der Waals surface area (Å²) in [5.41, 5.74) is 0. The molecule has 6 nitrogen and oxygen atoms in total. The van der Waals surface area contributed by atoms with E-state index in [1.165, 1.54) is 11.3 Å². The summed E-state index contributed by atoms with van der Waals surface area (Å²) in [5.74, 6) is -2.51. The largest absolute Gasteiger partial charge is 0.302 e. The Morgan fingerprint density at radius 1 is 1.28 bits per heavy atom. The fraction of sp³-hybridized carbons (Fsp3) is 0.333. The average molecular weight is 387 g/mol. The number of carbonyl (C=O) groups excluding carboxylic acids is 1. The van der Waals surface area contributed by atoms with Crippen LogP contribution in [0.1, 0.15) is 12.8 Å². The first-order valence-electron chi connectivity index (χ1n) is 7.53. The fourth-order valence-electron chi connectivity index (χ4n) is 2.67. The summed E-state index contributed by atoms with van der Waals surface area (Å²) in [6.07, 6.45) is 2.21. The predicted molar refractivity (Wildman–Crippen MR) is 88.6 cm³/mol. The zero-order valence-electron chi connectivity index (χ0n) is 13.0. The molecule has 1 N–H and O–H groups in total. The van der Waals surface area contributed by atoms with Gasteiger partial charge in [-0.3, -0.25) is 4.79 Å². The normalized spacial score (nSPS) is 16.7. The molecule has 1 saturated heterocycles. The van der Waals surface area contributed by atoms with Crippen LogP contribution < -0.4 is 5.32 Å². The van der Waals surface area contributed by atoms with Crippen LogP contribution in [0.5, 0.6) is 0 Å². The Balaban J connectivity index is 1.66. The number of hydrogen-bond donors (Lipinski definition) is 1. The lowest BCUT2D eigenvalue weighted by molar-refractivity contribution is -0.120. The molecule has 1 aliphatic heterocycles. The number of benzene rings is 1. The molecule has 2 aromatic rings. The molecule has 1 fully saturated rings. The van der Waals surface area contributed by atoms with Crippen molar-refractivity contribution in [2.24, 2.45) is 5.92 Å². The maximum absolute atomic E-state index is 13.8. The molecular formula is C15H15F2N3O3S2. The van der Waals surface area contributed by atoms with Crippen LogP contribution in [-0.2, 0) is 14.8 Å². The number of anilines is 1. The smallest absolute Gasteiger partial charge is 0.245 e. The van der Waals surface area contributed by atoms with Gasteiger partial charge in [0.2, 0.25) is 15.9 Å². The van der Waals surface area contributed by atoms with Crippen molar-refractivity contribution in [1.82, 2.24) is 9.29 Å². The van der Waals surface area contributed by atoms with Crippen LogP contribution in [0, 0.1) is 17.6 Å². The van der Waals surface area contributed by atoms with E-state index in [9.17, 15) is 22.0 Å². The third-order valence-corrected chi connectivity index (χ3v) is 6.62. The van der Waals surface area contributed by atoms with Gasteiger partial charge in [0.05, 0.1) is 0 Å². The first kappa shape index (κ1) is 17.9. The minimum absolute atomic E-state index is 0.0924. The summed E-state index contributed by atoms with van der Waals surface area (Å²) in [6.45, 7) is 0.185. The highest BCUT2D eigenvalue weighted by Crippen LogP contribution is 2.26. The van der Waals surface area contributed by atoms with Crippen molar-refractivity contribution in [2.45, 2.75) is 17.7 Å². The number of nitrogens with zero attached hydrogens (tertiary/aromatic N) is 2. The third kappa shape index (κ3) is 3.86. The van der Waals surface area contributed by atoms with E-state index >= 15 is 0 Å². The van der Waals surface area contributed by atoms with Crippen LogP contribution in [0.2, 0.25) is 0 Å². The van der Waals surface area contributed by atoms with Crippen LogP contribution in [0.4, 0.5) is 13.9 Å². The number of rotatable bonds is 4. The SMILES string of the molecule is O=C(Nc1nccs1)C1CCN(S(=O)(=O)c2ccc(F)cc2F)CC1. The van der Waals surface area contributed by atoms with E-state index in [0.29, 0.717) is 24.0 Å². The summed E-state index contributed by atoms with van der Waals surface area (Å²) >= 11 is 1.30. The molecule has 0 atom stereocenters. The van der Waals surface area contributed by atoms with Crippen molar-refractivity contribution >= 4 is 32.4 Å². The Hall–Kier alpha value is -1.91. The monoisotopic (exact) mass is 387 g/mol. The van der Waals surface area contributed by atoms with Crippen molar-refractivity contribution in [3.05, 3.63) is 41.4 Å². The second-order valence-corrected chi connectivity index (χ2v) is 8.38. The lowest BCUT2D eigenvalue weighted by Crippen LogP contribution is -2.41. The molecular weight excluding hydrogens is 372 g/mol. The number of piperidine rings is 1. The number of amides is 1. The first-order chi connectivity index (χ1) is 11.9. The van der Waals surface area contributed by atoms with Gasteiger partial charge >= 0.3 is 0 Å². The molecule has 1 aromatic heterocycles. The minimum Gasteiger partial charge on any atom is -0.302 e. The molecule has 10 heteroatoms. The van der Waals surface area contributed by atoms with Gasteiger partial charge in [-0.15, -0.1) is 11.3 Å². The molecule has 1 aromatic carbocycles. The van der Waals surface area contributed by atoms with Crippen LogP contribution in [0.3, 0.4) is 0 Å². The minimum atomic E-state index is -4.06. The summed E-state index contributed by atoms with van der Waals surface area (Å²) < 4.78 is 52.9. The van der Waals surface area contributed by atoms with Crippen LogP contribution >= 0.6 is 11.3 Å². The number of halogens is 2. The van der Waals surface area contributed by atoms with E-state index < -0.39 is 26.6 Å². The molecule has 25 heavy (non-hydrogen) atoms. The van der Waals surface area contributed by atoms with E-state index in [1.807, 2.05) is 0 Å². The molecule has 0 radical (unpaired) electrons. The molecule has 0 saturated carbocycles. The van der Waals surface area contributed by atoms with E-state index in [-0.39, 0.29) is 24.9 Å². The van der Waals surface area contributed by atoms with Crippen molar-refractivity contribution in [3.63, 3.8) is 0 Å². The molecule has 0 spiro atoms. The Bertz CT molecular complexity index is 864. The topological polar surface area (TPSA) is 79.4 Å². The second-order valence-electron chi connectivity index (χ2n) is 5.58. The molecule has 0 unspecified atom stereocenters. The van der Waals surface area contributed by atoms with E-state index in [2.05, 4.69) is 10.3 Å². The standard InChI is InChI=1S/C15H15F2N3O3S2/c16-11-1-2-13(12(17)9-11)25(22,23)20-6-3-10(4-7-20)14(21)19-15-18-5-8-24-15/h1-2,5,8-10H,3-4,6-7H2,(H,18,19,21). The first-order valence-corrected chi connectivity index (χ1v) is 9.85. The highest BCUT2D eigenvalue weighted by Gasteiger charge is 2.33. The van der Waals surface area contributed by atoms with Crippen LogP contribution in [0.15, 0.2) is 34.7 Å². The highest BCUT2D eigenvalue weighted by molar-refractivity contribution is 7.89. The van der Waals surface area contributed by atoms with Gasteiger partial charge in [-0.1, -0.05) is 0 Å². The third-order valence-electron chi connectivity index (χ3n) is 4.00. The van der Waals surface area contributed by atoms with Gasteiger partial charge < -0.3 is 5.32 Å². The number of sulfonamides is 1. The predicted octanol–water partition coefficient (Wildman–Crippen LogP) is 2.46. The summed E-state index contributed by atoms with van der Waals surface area (Å²) in [6, 6.07) is 2.37. The van der Waals surface area contributed by atoms with E-state index in [1.54, 1.807) is 11.6 Å². The van der Waals surface area contributed by atoms with Gasteiger partial charge in [0, 0.05) is 36.7 Å². The average Bonchev–Trinajstić information content (AvgIpc) is 3.07. The lowest BCUT2D eigenvalue weighted by Gasteiger charge is -2.30. The Morgan fingerprint density at radius 3 is 2.60 bits per heavy atom. The fourth-order valence-corrected chi connectivity index (χ4v) is 4.72. The Kier molecular flexibility index (Phi) is 5.11.